The topological polar surface area (TPSA) is 67.4 Å². The van der Waals surface area contributed by atoms with E-state index in [2.05, 4.69) is 10.9 Å². The van der Waals surface area contributed by atoms with Crippen LogP contribution < -0.4 is 15.6 Å². The number of carbonyl (C=O) groups is 2. The Morgan fingerprint density at radius 1 is 1.04 bits per heavy atom. The van der Waals surface area contributed by atoms with Crippen molar-refractivity contribution in [3.63, 3.8) is 0 Å². The second-order valence-corrected chi connectivity index (χ2v) is 7.63. The summed E-state index contributed by atoms with van der Waals surface area (Å²) in [6.07, 6.45) is 6.24. The van der Waals surface area contributed by atoms with E-state index in [4.69, 9.17) is 4.74 Å². The van der Waals surface area contributed by atoms with Crippen LogP contribution in [0.3, 0.4) is 0 Å². The second-order valence-electron chi connectivity index (χ2n) is 6.49. The van der Waals surface area contributed by atoms with Crippen LogP contribution in [0.25, 0.3) is 0 Å². The Morgan fingerprint density at radius 3 is 2.54 bits per heavy atom. The van der Waals surface area contributed by atoms with Gasteiger partial charge in [0.15, 0.2) is 6.10 Å². The largest absolute Gasteiger partial charge is 0.481 e. The molecule has 3 rings (SSSR count). The summed E-state index contributed by atoms with van der Waals surface area (Å²) in [5, 5.41) is 0. The van der Waals surface area contributed by atoms with Crippen LogP contribution in [0.1, 0.15) is 52.7 Å². The van der Waals surface area contributed by atoms with Gasteiger partial charge in [-0.1, -0.05) is 31.0 Å². The molecule has 0 saturated carbocycles. The zero-order valence-electron chi connectivity index (χ0n) is 14.9. The summed E-state index contributed by atoms with van der Waals surface area (Å²) >= 11 is 1.53. The third kappa shape index (κ3) is 4.85. The highest BCUT2D eigenvalue weighted by Gasteiger charge is 2.18. The average molecular weight is 372 g/mol. The summed E-state index contributed by atoms with van der Waals surface area (Å²) in [5.41, 5.74) is 6.23. The van der Waals surface area contributed by atoms with Crippen LogP contribution in [0, 0.1) is 0 Å². The van der Waals surface area contributed by atoms with Crippen molar-refractivity contribution in [1.82, 2.24) is 10.9 Å². The summed E-state index contributed by atoms with van der Waals surface area (Å²) in [7, 11) is 0. The van der Waals surface area contributed by atoms with Crippen molar-refractivity contribution in [2.24, 2.45) is 0 Å². The standard InChI is InChI=1S/C20H24N2O3S/c1-14(25-16-10-6-4-7-11-16)19(23)21-22-20(24)18-13-15-9-5-2-3-8-12-17(15)26-18/h4,6-7,10-11,13-14H,2-3,5,8-9,12H2,1H3,(H,21,23)(H,22,24)/t14-/m1/s1. The van der Waals surface area contributed by atoms with Gasteiger partial charge < -0.3 is 4.74 Å². The van der Waals surface area contributed by atoms with Crippen LogP contribution in [-0.4, -0.2) is 17.9 Å². The van der Waals surface area contributed by atoms with E-state index in [0.717, 1.165) is 12.8 Å². The fraction of sp³-hybridized carbons (Fsp3) is 0.400. The molecule has 0 bridgehead atoms. The highest BCUT2D eigenvalue weighted by molar-refractivity contribution is 7.14. The average Bonchev–Trinajstić information content (AvgIpc) is 3.02. The quantitative estimate of drug-likeness (QED) is 0.805. The molecule has 0 spiro atoms. The van der Waals surface area contributed by atoms with Gasteiger partial charge in [0.25, 0.3) is 11.8 Å². The van der Waals surface area contributed by atoms with Crippen LogP contribution in [-0.2, 0) is 17.6 Å². The summed E-state index contributed by atoms with van der Waals surface area (Å²) in [5.74, 6) is -0.0568. The molecular weight excluding hydrogens is 348 g/mol. The maximum atomic E-state index is 12.4. The maximum Gasteiger partial charge on any atom is 0.279 e. The first kappa shape index (κ1) is 18.5. The van der Waals surface area contributed by atoms with Gasteiger partial charge in [0.1, 0.15) is 5.75 Å². The molecule has 1 aromatic heterocycles. The molecule has 2 aromatic rings. The van der Waals surface area contributed by atoms with Gasteiger partial charge in [-0.3, -0.25) is 20.4 Å². The van der Waals surface area contributed by atoms with Crippen molar-refractivity contribution in [3.8, 4) is 5.75 Å². The molecule has 138 valence electrons. The van der Waals surface area contributed by atoms with Crippen molar-refractivity contribution in [3.05, 3.63) is 51.7 Å². The lowest BCUT2D eigenvalue weighted by Crippen LogP contribution is -2.47. The molecule has 2 amide bonds. The van der Waals surface area contributed by atoms with Gasteiger partial charge in [-0.15, -0.1) is 11.3 Å². The lowest BCUT2D eigenvalue weighted by molar-refractivity contribution is -0.128. The van der Waals surface area contributed by atoms with E-state index in [1.807, 2.05) is 24.3 Å². The minimum Gasteiger partial charge on any atom is -0.481 e. The van der Waals surface area contributed by atoms with Gasteiger partial charge in [0, 0.05) is 4.88 Å². The number of fused-ring (bicyclic) bond motifs is 1. The third-order valence-corrected chi connectivity index (χ3v) is 5.68. The number of amides is 2. The Bertz CT molecular complexity index is 732. The van der Waals surface area contributed by atoms with Gasteiger partial charge in [-0.05, 0) is 56.4 Å². The fourth-order valence-electron chi connectivity index (χ4n) is 2.99. The molecule has 5 nitrogen and oxygen atoms in total. The van der Waals surface area contributed by atoms with Gasteiger partial charge in [0.2, 0.25) is 0 Å². The number of hydrazine groups is 1. The number of carbonyl (C=O) groups excluding carboxylic acids is 2. The lowest BCUT2D eigenvalue weighted by atomic mass is 10.00. The maximum absolute atomic E-state index is 12.4. The van der Waals surface area contributed by atoms with E-state index in [1.165, 1.54) is 47.5 Å². The van der Waals surface area contributed by atoms with E-state index < -0.39 is 12.0 Å². The zero-order chi connectivity index (χ0) is 18.4. The molecule has 0 fully saturated rings. The first-order valence-corrected chi connectivity index (χ1v) is 9.88. The normalized spacial score (nSPS) is 15.1. The van der Waals surface area contributed by atoms with Crippen molar-refractivity contribution in [2.45, 2.75) is 51.6 Å². The van der Waals surface area contributed by atoms with E-state index in [-0.39, 0.29) is 5.91 Å². The number of thiophene rings is 1. The van der Waals surface area contributed by atoms with Crippen LogP contribution in [0.5, 0.6) is 5.75 Å². The van der Waals surface area contributed by atoms with E-state index in [9.17, 15) is 9.59 Å². The Balaban J connectivity index is 1.53. The minimum absolute atomic E-state index is 0.276. The monoisotopic (exact) mass is 372 g/mol. The molecular formula is C20H24N2O3S. The van der Waals surface area contributed by atoms with E-state index >= 15 is 0 Å². The number of hydrogen-bond donors (Lipinski definition) is 2. The fourth-order valence-corrected chi connectivity index (χ4v) is 4.14. The van der Waals surface area contributed by atoms with Gasteiger partial charge in [-0.2, -0.15) is 0 Å². The van der Waals surface area contributed by atoms with Crippen molar-refractivity contribution in [1.29, 1.82) is 0 Å². The number of benzene rings is 1. The first-order valence-electron chi connectivity index (χ1n) is 9.07. The molecule has 1 aromatic carbocycles. The Morgan fingerprint density at radius 2 is 1.77 bits per heavy atom. The van der Waals surface area contributed by atoms with Crippen molar-refractivity contribution >= 4 is 23.2 Å². The molecule has 1 aliphatic rings. The lowest BCUT2D eigenvalue weighted by Gasteiger charge is -2.14. The summed E-state index contributed by atoms with van der Waals surface area (Å²) < 4.78 is 5.55. The highest BCUT2D eigenvalue weighted by Crippen LogP contribution is 2.28. The molecule has 0 radical (unpaired) electrons. The molecule has 2 N–H and O–H groups in total. The first-order chi connectivity index (χ1) is 12.6. The van der Waals surface area contributed by atoms with Crippen molar-refractivity contribution in [2.75, 3.05) is 0 Å². The van der Waals surface area contributed by atoms with Crippen LogP contribution in [0.2, 0.25) is 0 Å². The van der Waals surface area contributed by atoms with E-state index in [0.29, 0.717) is 10.6 Å². The number of hydrogen-bond acceptors (Lipinski definition) is 4. The number of rotatable bonds is 4. The summed E-state index contributed by atoms with van der Waals surface area (Å²) in [6.45, 7) is 1.64. The summed E-state index contributed by atoms with van der Waals surface area (Å²) in [4.78, 5) is 26.4. The Hall–Kier alpha value is -2.34. The number of nitrogens with one attached hydrogen (secondary N) is 2. The summed E-state index contributed by atoms with van der Waals surface area (Å²) in [6, 6.07) is 11.1. The molecule has 1 aliphatic carbocycles. The molecule has 1 atom stereocenters. The molecule has 26 heavy (non-hydrogen) atoms. The van der Waals surface area contributed by atoms with Gasteiger partial charge in [-0.25, -0.2) is 0 Å². The van der Waals surface area contributed by atoms with Gasteiger partial charge in [0.05, 0.1) is 4.88 Å². The molecule has 0 aliphatic heterocycles. The smallest absolute Gasteiger partial charge is 0.279 e. The predicted molar refractivity (Wildman–Crippen MR) is 102 cm³/mol. The number of para-hydroxylation sites is 1. The molecule has 0 unspecified atom stereocenters. The van der Waals surface area contributed by atoms with Crippen LogP contribution in [0.15, 0.2) is 36.4 Å². The Kier molecular flexibility index (Phi) is 6.28. The molecule has 1 heterocycles. The Labute approximate surface area is 157 Å². The van der Waals surface area contributed by atoms with E-state index in [1.54, 1.807) is 19.1 Å². The van der Waals surface area contributed by atoms with Gasteiger partial charge >= 0.3 is 0 Å². The number of aryl methyl sites for hydroxylation is 2. The zero-order valence-corrected chi connectivity index (χ0v) is 15.7. The van der Waals surface area contributed by atoms with Crippen LogP contribution >= 0.6 is 11.3 Å². The second kappa shape index (κ2) is 8.85. The SMILES string of the molecule is C[C@@H](Oc1ccccc1)C(=O)NNC(=O)c1cc2c(s1)CCCCCC2. The highest BCUT2D eigenvalue weighted by atomic mass is 32.1. The minimum atomic E-state index is -0.707. The predicted octanol–water partition coefficient (Wildman–Crippen LogP) is 3.64. The third-order valence-electron chi connectivity index (χ3n) is 4.44. The molecule has 6 heteroatoms. The van der Waals surface area contributed by atoms with Crippen LogP contribution in [0.4, 0.5) is 0 Å². The number of ether oxygens (including phenoxy) is 1. The molecule has 0 saturated heterocycles. The van der Waals surface area contributed by atoms with Crippen molar-refractivity contribution < 1.29 is 14.3 Å².